The minimum absolute atomic E-state index is 0.110. The number of nitrogens with zero attached hydrogens (tertiary/aromatic N) is 2. The van der Waals surface area contributed by atoms with Gasteiger partial charge in [-0.3, -0.25) is 4.57 Å². The standard InChI is InChI=1S/C12H24N4OS/c1-4-13-10(3)8-6-7-9-18-12-15-14-11(17)16(12)5-2/h10,13H,4-9H2,1-3H3,(H,14,17). The van der Waals surface area contributed by atoms with Gasteiger partial charge in [0.05, 0.1) is 0 Å². The molecule has 1 aromatic rings. The van der Waals surface area contributed by atoms with Crippen LogP contribution < -0.4 is 11.0 Å². The lowest BCUT2D eigenvalue weighted by Crippen LogP contribution is -2.25. The third-order valence-electron chi connectivity index (χ3n) is 2.85. The maximum absolute atomic E-state index is 11.3. The van der Waals surface area contributed by atoms with E-state index < -0.39 is 0 Å². The Morgan fingerprint density at radius 2 is 2.22 bits per heavy atom. The van der Waals surface area contributed by atoms with Crippen LogP contribution in [0.5, 0.6) is 0 Å². The minimum Gasteiger partial charge on any atom is -0.315 e. The van der Waals surface area contributed by atoms with Crippen LogP contribution >= 0.6 is 11.8 Å². The van der Waals surface area contributed by atoms with Crippen molar-refractivity contribution in [3.63, 3.8) is 0 Å². The van der Waals surface area contributed by atoms with Crippen LogP contribution in [0.2, 0.25) is 0 Å². The lowest BCUT2D eigenvalue weighted by Gasteiger charge is -2.11. The third-order valence-corrected chi connectivity index (χ3v) is 3.92. The van der Waals surface area contributed by atoms with E-state index in [0.717, 1.165) is 23.9 Å². The average molecular weight is 272 g/mol. The number of aromatic nitrogens is 3. The summed E-state index contributed by atoms with van der Waals surface area (Å²) in [6.45, 7) is 8.02. The van der Waals surface area contributed by atoms with Crippen molar-refractivity contribution in [3.05, 3.63) is 10.5 Å². The van der Waals surface area contributed by atoms with E-state index in [-0.39, 0.29) is 5.69 Å². The molecule has 0 radical (unpaired) electrons. The van der Waals surface area contributed by atoms with Gasteiger partial charge in [0.2, 0.25) is 0 Å². The summed E-state index contributed by atoms with van der Waals surface area (Å²) in [6.07, 6.45) is 3.57. The van der Waals surface area contributed by atoms with Gasteiger partial charge in [-0.2, -0.15) is 0 Å². The smallest absolute Gasteiger partial charge is 0.315 e. The molecular weight excluding hydrogens is 248 g/mol. The normalized spacial score (nSPS) is 12.8. The van der Waals surface area contributed by atoms with Crippen LogP contribution in [0.3, 0.4) is 0 Å². The number of rotatable bonds is 9. The molecule has 1 heterocycles. The number of aromatic amines is 1. The number of nitrogens with one attached hydrogen (secondary N) is 2. The molecular formula is C12H24N4OS. The Labute approximate surface area is 113 Å². The maximum Gasteiger partial charge on any atom is 0.343 e. The van der Waals surface area contributed by atoms with E-state index in [4.69, 9.17) is 0 Å². The number of H-pyrrole nitrogens is 1. The zero-order chi connectivity index (χ0) is 13.4. The topological polar surface area (TPSA) is 62.7 Å². The Morgan fingerprint density at radius 1 is 1.44 bits per heavy atom. The predicted molar refractivity (Wildman–Crippen MR) is 76.2 cm³/mol. The SMILES string of the molecule is CCNC(C)CCCCSc1n[nH]c(=O)n1CC. The third kappa shape index (κ3) is 4.86. The van der Waals surface area contributed by atoms with E-state index in [9.17, 15) is 4.79 Å². The molecule has 104 valence electrons. The van der Waals surface area contributed by atoms with Crippen LogP contribution in [0.25, 0.3) is 0 Å². The maximum atomic E-state index is 11.3. The number of thioether (sulfide) groups is 1. The molecule has 0 fully saturated rings. The molecule has 0 aliphatic rings. The van der Waals surface area contributed by atoms with Gasteiger partial charge in [0.15, 0.2) is 5.16 Å². The van der Waals surface area contributed by atoms with Crippen molar-refractivity contribution in [3.8, 4) is 0 Å². The second kappa shape index (κ2) is 8.37. The first kappa shape index (κ1) is 15.3. The molecule has 0 aliphatic carbocycles. The molecule has 0 aliphatic heterocycles. The van der Waals surface area contributed by atoms with Crippen molar-refractivity contribution in [2.24, 2.45) is 0 Å². The van der Waals surface area contributed by atoms with E-state index in [2.05, 4.69) is 29.4 Å². The molecule has 1 rings (SSSR count). The highest BCUT2D eigenvalue weighted by molar-refractivity contribution is 7.99. The van der Waals surface area contributed by atoms with Crippen molar-refractivity contribution < 1.29 is 0 Å². The Hall–Kier alpha value is -0.750. The Kier molecular flexibility index (Phi) is 7.12. The van der Waals surface area contributed by atoms with E-state index in [0.29, 0.717) is 12.6 Å². The van der Waals surface area contributed by atoms with E-state index >= 15 is 0 Å². The Morgan fingerprint density at radius 3 is 2.89 bits per heavy atom. The van der Waals surface area contributed by atoms with Gasteiger partial charge in [0.25, 0.3) is 0 Å². The molecule has 0 spiro atoms. The average Bonchev–Trinajstić information content (AvgIpc) is 2.70. The summed E-state index contributed by atoms with van der Waals surface area (Å²) in [5.74, 6) is 1.02. The molecule has 0 saturated heterocycles. The highest BCUT2D eigenvalue weighted by Gasteiger charge is 2.06. The van der Waals surface area contributed by atoms with Crippen LogP contribution in [-0.2, 0) is 6.54 Å². The first-order valence-corrected chi connectivity index (χ1v) is 7.69. The van der Waals surface area contributed by atoms with Gasteiger partial charge in [-0.1, -0.05) is 25.1 Å². The second-order valence-corrected chi connectivity index (χ2v) is 5.42. The monoisotopic (exact) mass is 272 g/mol. The fraction of sp³-hybridized carbons (Fsp3) is 0.833. The summed E-state index contributed by atoms with van der Waals surface area (Å²) < 4.78 is 1.67. The molecule has 6 heteroatoms. The molecule has 5 nitrogen and oxygen atoms in total. The lowest BCUT2D eigenvalue weighted by atomic mass is 10.1. The molecule has 0 amide bonds. The van der Waals surface area contributed by atoms with Gasteiger partial charge in [0.1, 0.15) is 0 Å². The van der Waals surface area contributed by atoms with Gasteiger partial charge < -0.3 is 5.32 Å². The molecule has 1 unspecified atom stereocenters. The van der Waals surface area contributed by atoms with Gasteiger partial charge >= 0.3 is 5.69 Å². The largest absolute Gasteiger partial charge is 0.343 e. The first-order valence-electron chi connectivity index (χ1n) is 6.70. The van der Waals surface area contributed by atoms with Crippen molar-refractivity contribution in [2.75, 3.05) is 12.3 Å². The summed E-state index contributed by atoms with van der Waals surface area (Å²) in [6, 6.07) is 0.596. The quantitative estimate of drug-likeness (QED) is 0.532. The van der Waals surface area contributed by atoms with Crippen LogP contribution in [0.1, 0.15) is 40.0 Å². The van der Waals surface area contributed by atoms with E-state index in [1.807, 2.05) is 6.92 Å². The predicted octanol–water partition coefficient (Wildman–Crippen LogP) is 1.85. The number of hydrogen-bond donors (Lipinski definition) is 2. The molecule has 2 N–H and O–H groups in total. The fourth-order valence-electron chi connectivity index (χ4n) is 1.86. The van der Waals surface area contributed by atoms with Crippen LogP contribution in [0, 0.1) is 0 Å². The van der Waals surface area contributed by atoms with Crippen LogP contribution in [0.15, 0.2) is 9.95 Å². The van der Waals surface area contributed by atoms with Crippen molar-refractivity contribution in [2.45, 2.75) is 57.8 Å². The second-order valence-electron chi connectivity index (χ2n) is 4.36. The lowest BCUT2D eigenvalue weighted by molar-refractivity contribution is 0.510. The number of hydrogen-bond acceptors (Lipinski definition) is 4. The molecule has 1 aromatic heterocycles. The Balaban J connectivity index is 2.20. The van der Waals surface area contributed by atoms with Crippen LogP contribution in [-0.4, -0.2) is 33.1 Å². The van der Waals surface area contributed by atoms with Gasteiger partial charge in [-0.15, -0.1) is 5.10 Å². The van der Waals surface area contributed by atoms with E-state index in [1.54, 1.807) is 16.3 Å². The zero-order valence-electron chi connectivity index (χ0n) is 11.5. The van der Waals surface area contributed by atoms with Crippen molar-refractivity contribution in [1.82, 2.24) is 20.1 Å². The van der Waals surface area contributed by atoms with Gasteiger partial charge in [0, 0.05) is 18.3 Å². The summed E-state index contributed by atoms with van der Waals surface area (Å²) in [5, 5.41) is 10.7. The molecule has 1 atom stereocenters. The highest BCUT2D eigenvalue weighted by atomic mass is 32.2. The highest BCUT2D eigenvalue weighted by Crippen LogP contribution is 2.15. The van der Waals surface area contributed by atoms with Crippen LogP contribution in [0.4, 0.5) is 0 Å². The molecule has 0 bridgehead atoms. The zero-order valence-corrected chi connectivity index (χ0v) is 12.3. The molecule has 0 aromatic carbocycles. The fourth-order valence-corrected chi connectivity index (χ4v) is 2.87. The summed E-state index contributed by atoms with van der Waals surface area (Å²) in [5.41, 5.74) is -0.110. The Bertz CT molecular complexity index is 388. The van der Waals surface area contributed by atoms with Gasteiger partial charge in [-0.25, -0.2) is 9.89 Å². The van der Waals surface area contributed by atoms with E-state index in [1.165, 1.54) is 12.8 Å². The van der Waals surface area contributed by atoms with Gasteiger partial charge in [-0.05, 0) is 33.2 Å². The van der Waals surface area contributed by atoms with Crippen molar-refractivity contribution >= 4 is 11.8 Å². The summed E-state index contributed by atoms with van der Waals surface area (Å²) in [7, 11) is 0. The number of unbranched alkanes of at least 4 members (excludes halogenated alkanes) is 1. The minimum atomic E-state index is -0.110. The molecule has 0 saturated carbocycles. The first-order chi connectivity index (χ1) is 8.69. The summed E-state index contributed by atoms with van der Waals surface area (Å²) in [4.78, 5) is 11.3. The molecule has 18 heavy (non-hydrogen) atoms. The summed E-state index contributed by atoms with van der Waals surface area (Å²) >= 11 is 1.66. The van der Waals surface area contributed by atoms with Crippen molar-refractivity contribution in [1.29, 1.82) is 0 Å².